The number of hydrogen-bond donors (Lipinski definition) is 2. The van der Waals surface area contributed by atoms with Crippen molar-refractivity contribution in [3.05, 3.63) is 108 Å². The molecular formula is C24H19ClN4O4S. The van der Waals surface area contributed by atoms with Gasteiger partial charge in [0.2, 0.25) is 0 Å². The molecule has 2 aromatic carbocycles. The molecule has 0 radical (unpaired) electrons. The van der Waals surface area contributed by atoms with Crippen LogP contribution in [0.15, 0.2) is 96.3 Å². The van der Waals surface area contributed by atoms with Crippen LogP contribution < -0.4 is 14.8 Å². The number of pyridine rings is 2. The predicted octanol–water partition coefficient (Wildman–Crippen LogP) is 4.76. The maximum atomic E-state index is 12.7. The number of amides is 1. The Morgan fingerprint density at radius 3 is 2.32 bits per heavy atom. The van der Waals surface area contributed by atoms with Crippen molar-refractivity contribution in [2.24, 2.45) is 0 Å². The van der Waals surface area contributed by atoms with Crippen LogP contribution in [0.4, 0.5) is 11.5 Å². The lowest BCUT2D eigenvalue weighted by molar-refractivity contribution is 0.102. The Morgan fingerprint density at radius 2 is 1.62 bits per heavy atom. The molecule has 0 saturated heterocycles. The lowest BCUT2D eigenvalue weighted by Gasteiger charge is -2.12. The van der Waals surface area contributed by atoms with E-state index >= 15 is 0 Å². The Hall–Kier alpha value is -3.95. The van der Waals surface area contributed by atoms with E-state index in [1.165, 1.54) is 30.5 Å². The zero-order valence-electron chi connectivity index (χ0n) is 17.7. The molecule has 34 heavy (non-hydrogen) atoms. The van der Waals surface area contributed by atoms with Crippen LogP contribution in [0.5, 0.6) is 5.75 Å². The Morgan fingerprint density at radius 1 is 0.912 bits per heavy atom. The lowest BCUT2D eigenvalue weighted by atomic mass is 10.2. The summed E-state index contributed by atoms with van der Waals surface area (Å²) < 4.78 is 33.5. The quantitative estimate of drug-likeness (QED) is 0.365. The molecule has 0 fully saturated rings. The number of sulfonamides is 1. The maximum Gasteiger partial charge on any atom is 0.261 e. The van der Waals surface area contributed by atoms with Crippen LogP contribution >= 0.6 is 11.6 Å². The van der Waals surface area contributed by atoms with E-state index in [1.54, 1.807) is 48.8 Å². The first kappa shape index (κ1) is 23.2. The molecule has 10 heteroatoms. The second kappa shape index (κ2) is 10.3. The summed E-state index contributed by atoms with van der Waals surface area (Å²) in [7, 11) is -3.83. The summed E-state index contributed by atoms with van der Waals surface area (Å²) in [6, 6.07) is 18.9. The van der Waals surface area contributed by atoms with Gasteiger partial charge in [0, 0.05) is 34.9 Å². The number of benzene rings is 2. The molecule has 8 nitrogen and oxygen atoms in total. The van der Waals surface area contributed by atoms with Crippen LogP contribution in [0.1, 0.15) is 15.9 Å². The molecule has 1 amide bonds. The van der Waals surface area contributed by atoms with Crippen molar-refractivity contribution in [3.8, 4) is 5.75 Å². The molecule has 0 bridgehead atoms. The summed E-state index contributed by atoms with van der Waals surface area (Å²) in [5.41, 5.74) is 1.55. The van der Waals surface area contributed by atoms with E-state index in [9.17, 15) is 13.2 Å². The average molecular weight is 495 g/mol. The topological polar surface area (TPSA) is 110 Å². The first-order valence-corrected chi connectivity index (χ1v) is 11.9. The summed E-state index contributed by atoms with van der Waals surface area (Å²) in [5, 5.41) is 3.20. The van der Waals surface area contributed by atoms with Gasteiger partial charge in [-0.1, -0.05) is 11.6 Å². The minimum absolute atomic E-state index is 0.0122. The van der Waals surface area contributed by atoms with Crippen molar-refractivity contribution in [2.45, 2.75) is 11.5 Å². The number of carbonyl (C=O) groups is 1. The van der Waals surface area contributed by atoms with Crippen LogP contribution in [0, 0.1) is 0 Å². The molecule has 0 aliphatic rings. The average Bonchev–Trinajstić information content (AvgIpc) is 2.85. The fraction of sp³-hybridized carbons (Fsp3) is 0.0417. The standard InChI is InChI=1S/C24H19ClN4O4S/c25-19-5-7-20(8-6-19)29-34(31,32)21-9-3-18(4-10-21)24(30)28-23-22(2-1-13-27-23)33-16-17-11-14-26-15-12-17/h1-15,29H,16H2,(H,27,28,30). The van der Waals surface area contributed by atoms with E-state index in [-0.39, 0.29) is 22.9 Å². The molecule has 0 atom stereocenters. The van der Waals surface area contributed by atoms with Gasteiger partial charge in [0.15, 0.2) is 11.6 Å². The second-order valence-corrected chi connectivity index (χ2v) is 9.20. The zero-order chi connectivity index (χ0) is 24.0. The third-order valence-electron chi connectivity index (χ3n) is 4.67. The molecule has 0 unspecified atom stereocenters. The number of rotatable bonds is 8. The smallest absolute Gasteiger partial charge is 0.261 e. The Balaban J connectivity index is 1.43. The van der Waals surface area contributed by atoms with Crippen molar-refractivity contribution in [1.82, 2.24) is 9.97 Å². The van der Waals surface area contributed by atoms with E-state index in [0.717, 1.165) is 5.56 Å². The second-order valence-electron chi connectivity index (χ2n) is 7.09. The first-order valence-electron chi connectivity index (χ1n) is 10.1. The fourth-order valence-corrected chi connectivity index (χ4v) is 4.12. The molecule has 0 saturated carbocycles. The Bertz CT molecular complexity index is 1380. The van der Waals surface area contributed by atoms with Crippen molar-refractivity contribution in [3.63, 3.8) is 0 Å². The van der Waals surface area contributed by atoms with E-state index in [0.29, 0.717) is 16.5 Å². The summed E-state index contributed by atoms with van der Waals surface area (Å²) in [6.45, 7) is 0.282. The van der Waals surface area contributed by atoms with Gasteiger partial charge in [0.05, 0.1) is 4.90 Å². The predicted molar refractivity (Wildman–Crippen MR) is 129 cm³/mol. The fourth-order valence-electron chi connectivity index (χ4n) is 2.94. The van der Waals surface area contributed by atoms with Gasteiger partial charge in [0.25, 0.3) is 15.9 Å². The van der Waals surface area contributed by atoms with Crippen LogP contribution in [0.25, 0.3) is 0 Å². The largest absolute Gasteiger partial charge is 0.485 e. The zero-order valence-corrected chi connectivity index (χ0v) is 19.3. The molecule has 4 rings (SSSR count). The monoisotopic (exact) mass is 494 g/mol. The highest BCUT2D eigenvalue weighted by Crippen LogP contribution is 2.23. The summed E-state index contributed by atoms with van der Waals surface area (Å²) in [6.07, 6.45) is 4.87. The SMILES string of the molecule is O=C(Nc1ncccc1OCc1ccncc1)c1ccc(S(=O)(=O)Nc2ccc(Cl)cc2)cc1. The molecule has 0 aliphatic carbocycles. The minimum atomic E-state index is -3.83. The highest BCUT2D eigenvalue weighted by Gasteiger charge is 2.16. The van der Waals surface area contributed by atoms with Gasteiger partial charge >= 0.3 is 0 Å². The number of ether oxygens (including phenoxy) is 1. The van der Waals surface area contributed by atoms with Gasteiger partial charge in [0.1, 0.15) is 6.61 Å². The summed E-state index contributed by atoms with van der Waals surface area (Å²) in [5.74, 6) is 0.198. The van der Waals surface area contributed by atoms with Crippen molar-refractivity contribution >= 4 is 39.0 Å². The van der Waals surface area contributed by atoms with E-state index < -0.39 is 15.9 Å². The number of carbonyl (C=O) groups excluding carboxylic acids is 1. The van der Waals surface area contributed by atoms with Crippen molar-refractivity contribution < 1.29 is 17.9 Å². The summed E-state index contributed by atoms with van der Waals surface area (Å²) >= 11 is 5.83. The van der Waals surface area contributed by atoms with Gasteiger partial charge in [-0.3, -0.25) is 14.5 Å². The molecule has 0 aliphatic heterocycles. The van der Waals surface area contributed by atoms with Crippen molar-refractivity contribution in [1.29, 1.82) is 0 Å². The number of halogens is 1. The molecule has 2 aromatic heterocycles. The van der Waals surface area contributed by atoms with Crippen LogP contribution in [-0.4, -0.2) is 24.3 Å². The molecular weight excluding hydrogens is 476 g/mol. The minimum Gasteiger partial charge on any atom is -0.485 e. The molecule has 2 N–H and O–H groups in total. The maximum absolute atomic E-state index is 12.7. The number of hydrogen-bond acceptors (Lipinski definition) is 6. The molecule has 2 heterocycles. The normalized spacial score (nSPS) is 11.0. The van der Waals surface area contributed by atoms with Gasteiger partial charge in [-0.05, 0) is 78.4 Å². The van der Waals surface area contributed by atoms with Crippen LogP contribution in [0.2, 0.25) is 5.02 Å². The van der Waals surface area contributed by atoms with E-state index in [1.807, 2.05) is 12.1 Å². The van der Waals surface area contributed by atoms with Crippen LogP contribution in [0.3, 0.4) is 0 Å². The molecule has 4 aromatic rings. The Labute approximate surface area is 201 Å². The third-order valence-corrected chi connectivity index (χ3v) is 6.32. The van der Waals surface area contributed by atoms with Gasteiger partial charge in [-0.25, -0.2) is 13.4 Å². The van der Waals surface area contributed by atoms with Crippen molar-refractivity contribution in [2.75, 3.05) is 10.0 Å². The molecule has 172 valence electrons. The summed E-state index contributed by atoms with van der Waals surface area (Å²) in [4.78, 5) is 20.9. The number of aromatic nitrogens is 2. The number of nitrogens with zero attached hydrogens (tertiary/aromatic N) is 2. The van der Waals surface area contributed by atoms with Gasteiger partial charge < -0.3 is 10.1 Å². The van der Waals surface area contributed by atoms with Gasteiger partial charge in [-0.15, -0.1) is 0 Å². The number of anilines is 2. The van der Waals surface area contributed by atoms with Gasteiger partial charge in [-0.2, -0.15) is 0 Å². The number of nitrogens with one attached hydrogen (secondary N) is 2. The van der Waals surface area contributed by atoms with Crippen LogP contribution in [-0.2, 0) is 16.6 Å². The lowest BCUT2D eigenvalue weighted by Crippen LogP contribution is -2.15. The van der Waals surface area contributed by atoms with E-state index in [4.69, 9.17) is 16.3 Å². The van der Waals surface area contributed by atoms with E-state index in [2.05, 4.69) is 20.0 Å². The Kier molecular flexibility index (Phi) is 7.05. The first-order chi connectivity index (χ1) is 16.4. The third kappa shape index (κ3) is 5.89. The highest BCUT2D eigenvalue weighted by atomic mass is 35.5. The highest BCUT2D eigenvalue weighted by molar-refractivity contribution is 7.92. The molecule has 0 spiro atoms.